The Hall–Kier alpha value is -1.26. The maximum absolute atomic E-state index is 11.6. The van der Waals surface area contributed by atoms with Crippen LogP contribution < -0.4 is 5.32 Å². The third-order valence-electron chi connectivity index (χ3n) is 2.75. The van der Waals surface area contributed by atoms with E-state index in [1.807, 2.05) is 0 Å². The van der Waals surface area contributed by atoms with Crippen molar-refractivity contribution in [3.05, 3.63) is 0 Å². The Morgan fingerprint density at radius 2 is 2.00 bits per heavy atom. The van der Waals surface area contributed by atoms with Gasteiger partial charge in [-0.05, 0) is 19.3 Å². The highest BCUT2D eigenvalue weighted by Gasteiger charge is 2.36. The van der Waals surface area contributed by atoms with E-state index in [9.17, 15) is 9.59 Å². The summed E-state index contributed by atoms with van der Waals surface area (Å²) < 4.78 is 0. The quantitative estimate of drug-likeness (QED) is 0.669. The first-order valence-corrected chi connectivity index (χ1v) is 4.95. The summed E-state index contributed by atoms with van der Waals surface area (Å²) in [6.45, 7) is 1.24. The lowest BCUT2D eigenvalue weighted by Gasteiger charge is -2.15. The minimum absolute atomic E-state index is 0.0739. The van der Waals surface area contributed by atoms with Gasteiger partial charge in [0.15, 0.2) is 0 Å². The monoisotopic (exact) mass is 198 g/mol. The number of amides is 2. The second-order valence-electron chi connectivity index (χ2n) is 3.99. The van der Waals surface area contributed by atoms with Crippen molar-refractivity contribution in [2.75, 3.05) is 13.1 Å². The summed E-state index contributed by atoms with van der Waals surface area (Å²) in [6.07, 6.45) is 1.75. The molecule has 0 spiro atoms. The molecule has 1 aliphatic carbocycles. The molecule has 78 valence electrons. The average molecular weight is 198 g/mol. The first-order chi connectivity index (χ1) is 6.66. The molecule has 5 nitrogen and oxygen atoms in total. The van der Waals surface area contributed by atoms with Crippen LogP contribution in [-0.4, -0.2) is 41.1 Å². The maximum atomic E-state index is 11.6. The smallest absolute Gasteiger partial charge is 0.404 e. The van der Waals surface area contributed by atoms with E-state index in [-0.39, 0.29) is 17.9 Å². The molecule has 2 N–H and O–H groups in total. The maximum Gasteiger partial charge on any atom is 0.404 e. The van der Waals surface area contributed by atoms with Gasteiger partial charge in [0.05, 0.1) is 6.04 Å². The van der Waals surface area contributed by atoms with Crippen molar-refractivity contribution in [1.82, 2.24) is 10.2 Å². The molecule has 2 fully saturated rings. The third-order valence-corrected chi connectivity index (χ3v) is 2.75. The van der Waals surface area contributed by atoms with Crippen LogP contribution in [0.4, 0.5) is 4.79 Å². The van der Waals surface area contributed by atoms with Crippen molar-refractivity contribution in [1.29, 1.82) is 0 Å². The first-order valence-electron chi connectivity index (χ1n) is 4.95. The Kier molecular flexibility index (Phi) is 2.31. The van der Waals surface area contributed by atoms with Gasteiger partial charge < -0.3 is 15.3 Å². The number of likely N-dealkylation sites (tertiary alicyclic amines) is 1. The SMILES string of the molecule is O=C(O)NC1CCN(C(=O)C2CC2)C1. The molecule has 0 aromatic rings. The molecule has 2 rings (SSSR count). The fourth-order valence-electron chi connectivity index (χ4n) is 1.84. The van der Waals surface area contributed by atoms with Crippen LogP contribution in [0.25, 0.3) is 0 Å². The summed E-state index contributed by atoms with van der Waals surface area (Å²) in [4.78, 5) is 23.7. The molecule has 0 aromatic heterocycles. The molecule has 14 heavy (non-hydrogen) atoms. The molecule has 0 aromatic carbocycles. The van der Waals surface area contributed by atoms with Gasteiger partial charge in [0.1, 0.15) is 0 Å². The molecule has 0 radical (unpaired) electrons. The lowest BCUT2D eigenvalue weighted by atomic mass is 10.3. The number of carbonyl (C=O) groups excluding carboxylic acids is 1. The van der Waals surface area contributed by atoms with Gasteiger partial charge >= 0.3 is 6.09 Å². The molecule has 1 atom stereocenters. The van der Waals surface area contributed by atoms with Crippen LogP contribution in [0, 0.1) is 5.92 Å². The highest BCUT2D eigenvalue weighted by Crippen LogP contribution is 2.32. The van der Waals surface area contributed by atoms with Crippen molar-refractivity contribution in [2.24, 2.45) is 5.92 Å². The van der Waals surface area contributed by atoms with Gasteiger partial charge in [-0.1, -0.05) is 0 Å². The lowest BCUT2D eigenvalue weighted by Crippen LogP contribution is -2.38. The van der Waals surface area contributed by atoms with Crippen LogP contribution in [0.5, 0.6) is 0 Å². The molecule has 2 amide bonds. The molecule has 1 heterocycles. The molecule has 1 saturated carbocycles. The van der Waals surface area contributed by atoms with Gasteiger partial charge in [0.25, 0.3) is 0 Å². The Balaban J connectivity index is 1.81. The molecular weight excluding hydrogens is 184 g/mol. The Morgan fingerprint density at radius 1 is 1.29 bits per heavy atom. The average Bonchev–Trinajstić information content (AvgIpc) is 2.86. The van der Waals surface area contributed by atoms with E-state index >= 15 is 0 Å². The van der Waals surface area contributed by atoms with Crippen LogP contribution in [0.1, 0.15) is 19.3 Å². The predicted molar refractivity (Wildman–Crippen MR) is 48.9 cm³/mol. The summed E-state index contributed by atoms with van der Waals surface area (Å²) in [5.41, 5.74) is 0. The molecule has 1 unspecified atom stereocenters. The first kappa shape index (κ1) is 9.30. The van der Waals surface area contributed by atoms with Crippen LogP contribution in [-0.2, 0) is 4.79 Å². The van der Waals surface area contributed by atoms with Crippen LogP contribution in [0.2, 0.25) is 0 Å². The largest absolute Gasteiger partial charge is 0.465 e. The molecule has 1 aliphatic heterocycles. The predicted octanol–water partition coefficient (Wildman–Crippen LogP) is 0.265. The molecule has 2 aliphatic rings. The van der Waals surface area contributed by atoms with Crippen molar-refractivity contribution in [3.63, 3.8) is 0 Å². The van der Waals surface area contributed by atoms with Crippen LogP contribution in [0.15, 0.2) is 0 Å². The van der Waals surface area contributed by atoms with Gasteiger partial charge in [-0.15, -0.1) is 0 Å². The zero-order valence-corrected chi connectivity index (χ0v) is 7.90. The summed E-state index contributed by atoms with van der Waals surface area (Å²) in [6, 6.07) is -0.0739. The highest BCUT2D eigenvalue weighted by molar-refractivity contribution is 5.81. The van der Waals surface area contributed by atoms with Crippen molar-refractivity contribution < 1.29 is 14.7 Å². The topological polar surface area (TPSA) is 69.6 Å². The number of hydrogen-bond acceptors (Lipinski definition) is 2. The number of carbonyl (C=O) groups is 2. The Bertz CT molecular complexity index is 263. The van der Waals surface area contributed by atoms with Crippen LogP contribution in [0.3, 0.4) is 0 Å². The Morgan fingerprint density at radius 3 is 2.57 bits per heavy atom. The normalized spacial score (nSPS) is 26.3. The zero-order valence-electron chi connectivity index (χ0n) is 7.90. The summed E-state index contributed by atoms with van der Waals surface area (Å²) >= 11 is 0. The summed E-state index contributed by atoms with van der Waals surface area (Å²) in [7, 11) is 0. The molecular formula is C9H14N2O3. The molecule has 0 bridgehead atoms. The second-order valence-corrected chi connectivity index (χ2v) is 3.99. The number of nitrogens with zero attached hydrogens (tertiary/aromatic N) is 1. The van der Waals surface area contributed by atoms with E-state index in [0.29, 0.717) is 13.1 Å². The van der Waals surface area contributed by atoms with Crippen LogP contribution >= 0.6 is 0 Å². The van der Waals surface area contributed by atoms with E-state index in [0.717, 1.165) is 19.3 Å². The summed E-state index contributed by atoms with van der Waals surface area (Å²) in [5.74, 6) is 0.443. The number of hydrogen-bond donors (Lipinski definition) is 2. The van der Waals surface area contributed by atoms with Crippen molar-refractivity contribution in [3.8, 4) is 0 Å². The lowest BCUT2D eigenvalue weighted by molar-refractivity contribution is -0.131. The number of carboxylic acid groups (broad SMARTS) is 1. The minimum atomic E-state index is -1.00. The third kappa shape index (κ3) is 1.97. The van der Waals surface area contributed by atoms with E-state index in [1.165, 1.54) is 0 Å². The fourth-order valence-corrected chi connectivity index (χ4v) is 1.84. The van der Waals surface area contributed by atoms with Gasteiger partial charge in [-0.3, -0.25) is 4.79 Å². The molecule has 1 saturated heterocycles. The van der Waals surface area contributed by atoms with Crippen molar-refractivity contribution in [2.45, 2.75) is 25.3 Å². The standard InChI is InChI=1S/C9H14N2O3/c12-8(6-1-2-6)11-4-3-7(5-11)10-9(13)14/h6-7,10H,1-5H2,(H,13,14). The van der Waals surface area contributed by atoms with Gasteiger partial charge in [-0.2, -0.15) is 0 Å². The van der Waals surface area contributed by atoms with E-state index in [4.69, 9.17) is 5.11 Å². The number of nitrogens with one attached hydrogen (secondary N) is 1. The minimum Gasteiger partial charge on any atom is -0.465 e. The van der Waals surface area contributed by atoms with Crippen molar-refractivity contribution >= 4 is 12.0 Å². The highest BCUT2D eigenvalue weighted by atomic mass is 16.4. The van der Waals surface area contributed by atoms with Gasteiger partial charge in [0, 0.05) is 19.0 Å². The van der Waals surface area contributed by atoms with E-state index < -0.39 is 6.09 Å². The second kappa shape index (κ2) is 3.48. The van der Waals surface area contributed by atoms with E-state index in [2.05, 4.69) is 5.32 Å². The summed E-state index contributed by atoms with van der Waals surface area (Å²) in [5, 5.41) is 10.9. The van der Waals surface area contributed by atoms with Gasteiger partial charge in [0.2, 0.25) is 5.91 Å². The van der Waals surface area contributed by atoms with E-state index in [1.54, 1.807) is 4.90 Å². The number of rotatable bonds is 2. The fraction of sp³-hybridized carbons (Fsp3) is 0.778. The molecule has 5 heteroatoms. The zero-order chi connectivity index (χ0) is 10.1. The van der Waals surface area contributed by atoms with Gasteiger partial charge in [-0.25, -0.2) is 4.79 Å². The Labute approximate surface area is 82.1 Å².